The maximum atomic E-state index is 10.6. The normalized spacial score (nSPS) is 28.2. The molecule has 2 atom stereocenters. The van der Waals surface area contributed by atoms with Gasteiger partial charge in [-0.1, -0.05) is 5.16 Å². The molecule has 1 N–H and O–H groups in total. The topological polar surface area (TPSA) is 81.8 Å². The molecular formula is C12H17NO5. The molecule has 6 nitrogen and oxygen atoms in total. The molecule has 1 fully saturated rings. The second-order valence-corrected chi connectivity index (χ2v) is 4.65. The fourth-order valence-electron chi connectivity index (χ4n) is 2.16. The van der Waals surface area contributed by atoms with Crippen molar-refractivity contribution in [2.45, 2.75) is 51.6 Å². The van der Waals surface area contributed by atoms with Crippen LogP contribution in [0.1, 0.15) is 42.9 Å². The number of ether oxygens (including phenoxy) is 2. The highest BCUT2D eigenvalue weighted by Gasteiger charge is 2.25. The quantitative estimate of drug-likeness (QED) is 0.884. The Morgan fingerprint density at radius 1 is 1.50 bits per heavy atom. The first-order valence-corrected chi connectivity index (χ1v) is 6.00. The van der Waals surface area contributed by atoms with Crippen LogP contribution < -0.4 is 0 Å². The van der Waals surface area contributed by atoms with E-state index < -0.39 is 5.97 Å². The second-order valence-electron chi connectivity index (χ2n) is 4.65. The van der Waals surface area contributed by atoms with Gasteiger partial charge in [0.1, 0.15) is 6.61 Å². The van der Waals surface area contributed by atoms with Crippen LogP contribution in [-0.4, -0.2) is 34.5 Å². The van der Waals surface area contributed by atoms with Crippen LogP contribution in [0.4, 0.5) is 0 Å². The van der Waals surface area contributed by atoms with Gasteiger partial charge in [-0.05, 0) is 26.7 Å². The molecule has 18 heavy (non-hydrogen) atoms. The lowest BCUT2D eigenvalue weighted by atomic mass is 10.0. The first-order valence-electron chi connectivity index (χ1n) is 6.00. The van der Waals surface area contributed by atoms with Gasteiger partial charge < -0.3 is 19.1 Å². The van der Waals surface area contributed by atoms with Crippen molar-refractivity contribution in [1.82, 2.24) is 5.16 Å². The molecule has 0 aromatic carbocycles. The highest BCUT2D eigenvalue weighted by Crippen LogP contribution is 2.22. The van der Waals surface area contributed by atoms with Gasteiger partial charge in [0.05, 0.1) is 18.3 Å². The van der Waals surface area contributed by atoms with Crippen LogP contribution in [0, 0.1) is 0 Å². The summed E-state index contributed by atoms with van der Waals surface area (Å²) < 4.78 is 16.2. The predicted molar refractivity (Wildman–Crippen MR) is 61.3 cm³/mol. The second kappa shape index (κ2) is 5.49. The van der Waals surface area contributed by atoms with E-state index in [1.165, 1.54) is 6.07 Å². The van der Waals surface area contributed by atoms with Crippen LogP contribution in [0.25, 0.3) is 0 Å². The lowest BCUT2D eigenvalue weighted by molar-refractivity contribution is -0.108. The Morgan fingerprint density at radius 3 is 2.72 bits per heavy atom. The Kier molecular flexibility index (Phi) is 3.98. The summed E-state index contributed by atoms with van der Waals surface area (Å²) >= 11 is 0. The molecule has 0 saturated carbocycles. The number of hydrogen-bond donors (Lipinski definition) is 1. The lowest BCUT2D eigenvalue weighted by Gasteiger charge is -2.31. The highest BCUT2D eigenvalue weighted by atomic mass is 16.5. The van der Waals surface area contributed by atoms with Crippen LogP contribution in [-0.2, 0) is 16.1 Å². The molecule has 2 rings (SSSR count). The Morgan fingerprint density at radius 2 is 2.17 bits per heavy atom. The first-order chi connectivity index (χ1) is 8.54. The fraction of sp³-hybridized carbons (Fsp3) is 0.667. The van der Waals surface area contributed by atoms with Crippen molar-refractivity contribution in [3.8, 4) is 0 Å². The van der Waals surface area contributed by atoms with Gasteiger partial charge in [0.25, 0.3) is 0 Å². The van der Waals surface area contributed by atoms with E-state index in [0.29, 0.717) is 5.76 Å². The molecule has 6 heteroatoms. The summed E-state index contributed by atoms with van der Waals surface area (Å²) in [5, 5.41) is 12.1. The third-order valence-corrected chi connectivity index (χ3v) is 2.89. The maximum Gasteiger partial charge on any atom is 0.358 e. The Bertz CT molecular complexity index is 406. The van der Waals surface area contributed by atoms with E-state index in [1.807, 2.05) is 13.8 Å². The predicted octanol–water partition coefficient (Wildman–Crippen LogP) is 1.85. The van der Waals surface area contributed by atoms with Crippen LogP contribution in [0.5, 0.6) is 0 Å². The van der Waals surface area contributed by atoms with Gasteiger partial charge in [-0.15, -0.1) is 0 Å². The van der Waals surface area contributed by atoms with Gasteiger partial charge in [0, 0.05) is 6.07 Å². The zero-order valence-corrected chi connectivity index (χ0v) is 10.5. The van der Waals surface area contributed by atoms with Crippen LogP contribution in [0.15, 0.2) is 10.6 Å². The number of rotatable bonds is 4. The average molecular weight is 255 g/mol. The number of nitrogens with zero attached hydrogens (tertiary/aromatic N) is 1. The maximum absolute atomic E-state index is 10.6. The summed E-state index contributed by atoms with van der Waals surface area (Å²) in [6.45, 7) is 4.27. The van der Waals surface area contributed by atoms with Crippen molar-refractivity contribution in [3.05, 3.63) is 17.5 Å². The number of carbonyl (C=O) groups is 1. The SMILES string of the molecule is CC1CC(OCc2cc(C(=O)O)no2)CC(C)O1. The summed E-state index contributed by atoms with van der Waals surface area (Å²) in [5.74, 6) is -0.669. The van der Waals surface area contributed by atoms with Crippen molar-refractivity contribution < 1.29 is 23.9 Å². The number of carboxylic acid groups (broad SMARTS) is 1. The number of aromatic nitrogens is 1. The Labute approximate surface area is 105 Å². The molecule has 0 aliphatic carbocycles. The largest absolute Gasteiger partial charge is 0.476 e. The van der Waals surface area contributed by atoms with Gasteiger partial charge in [-0.3, -0.25) is 0 Å². The van der Waals surface area contributed by atoms with Gasteiger partial charge in [-0.25, -0.2) is 4.79 Å². The number of carboxylic acids is 1. The van der Waals surface area contributed by atoms with E-state index in [1.54, 1.807) is 0 Å². The monoisotopic (exact) mass is 255 g/mol. The van der Waals surface area contributed by atoms with Crippen LogP contribution in [0.3, 0.4) is 0 Å². The molecule has 0 spiro atoms. The van der Waals surface area contributed by atoms with Gasteiger partial charge in [-0.2, -0.15) is 0 Å². The van der Waals surface area contributed by atoms with E-state index in [0.717, 1.165) is 12.8 Å². The molecule has 0 amide bonds. The highest BCUT2D eigenvalue weighted by molar-refractivity contribution is 5.85. The van der Waals surface area contributed by atoms with E-state index in [9.17, 15) is 4.79 Å². The zero-order chi connectivity index (χ0) is 13.1. The smallest absolute Gasteiger partial charge is 0.358 e. The number of hydrogen-bond acceptors (Lipinski definition) is 5. The van der Waals surface area contributed by atoms with E-state index >= 15 is 0 Å². The lowest BCUT2D eigenvalue weighted by Crippen LogP contribution is -2.33. The minimum absolute atomic E-state index is 0.0951. The fourth-order valence-corrected chi connectivity index (χ4v) is 2.16. The standard InChI is InChI=1S/C12H17NO5/c1-7-3-9(4-8(2)17-7)16-6-10-5-11(12(14)15)13-18-10/h5,7-9H,3-4,6H2,1-2H3,(H,14,15). The van der Waals surface area contributed by atoms with E-state index in [2.05, 4.69) is 5.16 Å². The van der Waals surface area contributed by atoms with E-state index in [4.69, 9.17) is 19.1 Å². The molecule has 2 heterocycles. The van der Waals surface area contributed by atoms with Crippen LogP contribution in [0.2, 0.25) is 0 Å². The minimum atomic E-state index is -1.10. The summed E-state index contributed by atoms with van der Waals surface area (Å²) in [7, 11) is 0. The molecule has 100 valence electrons. The molecule has 2 unspecified atom stereocenters. The summed E-state index contributed by atoms with van der Waals surface area (Å²) in [6, 6.07) is 1.38. The molecular weight excluding hydrogens is 238 g/mol. The average Bonchev–Trinajstić information content (AvgIpc) is 2.73. The van der Waals surface area contributed by atoms with Gasteiger partial charge in [0.2, 0.25) is 0 Å². The van der Waals surface area contributed by atoms with Crippen molar-refractivity contribution in [2.75, 3.05) is 0 Å². The van der Waals surface area contributed by atoms with E-state index in [-0.39, 0.29) is 30.6 Å². The first kappa shape index (κ1) is 13.0. The van der Waals surface area contributed by atoms with Crippen LogP contribution >= 0.6 is 0 Å². The summed E-state index contributed by atoms with van der Waals surface area (Å²) in [4.78, 5) is 10.6. The number of aromatic carboxylic acids is 1. The molecule has 1 aliphatic rings. The van der Waals surface area contributed by atoms with Crippen molar-refractivity contribution in [2.24, 2.45) is 0 Å². The third kappa shape index (κ3) is 3.30. The summed E-state index contributed by atoms with van der Waals surface area (Å²) in [6.07, 6.45) is 2.15. The minimum Gasteiger partial charge on any atom is -0.476 e. The summed E-state index contributed by atoms with van der Waals surface area (Å²) in [5.41, 5.74) is -0.0951. The van der Waals surface area contributed by atoms with Gasteiger partial charge >= 0.3 is 5.97 Å². The Balaban J connectivity index is 1.85. The molecule has 1 aliphatic heterocycles. The van der Waals surface area contributed by atoms with Crippen molar-refractivity contribution in [3.63, 3.8) is 0 Å². The van der Waals surface area contributed by atoms with Gasteiger partial charge in [0.15, 0.2) is 11.5 Å². The zero-order valence-electron chi connectivity index (χ0n) is 10.5. The van der Waals surface area contributed by atoms with Crippen molar-refractivity contribution >= 4 is 5.97 Å². The molecule has 1 aromatic heterocycles. The van der Waals surface area contributed by atoms with Crippen molar-refractivity contribution in [1.29, 1.82) is 0 Å². The molecule has 0 bridgehead atoms. The third-order valence-electron chi connectivity index (χ3n) is 2.89. The molecule has 1 saturated heterocycles. The molecule has 1 aromatic rings. The Hall–Kier alpha value is -1.40. The molecule has 0 radical (unpaired) electrons.